The average molecular weight is 274 g/mol. The fourth-order valence-corrected chi connectivity index (χ4v) is 1.97. The lowest BCUT2D eigenvalue weighted by molar-refractivity contribution is 0.189. The maximum absolute atomic E-state index is 11.8. The molecule has 20 heavy (non-hydrogen) atoms. The van der Waals surface area contributed by atoms with Crippen molar-refractivity contribution < 1.29 is 14.6 Å². The van der Waals surface area contributed by atoms with Crippen molar-refractivity contribution in [2.45, 2.75) is 19.4 Å². The van der Waals surface area contributed by atoms with Gasteiger partial charge in [0.25, 0.3) is 0 Å². The molecule has 5 heteroatoms. The number of carbonyl (C=O) groups excluding carboxylic acids is 1. The van der Waals surface area contributed by atoms with E-state index in [2.05, 4.69) is 22.5 Å². The van der Waals surface area contributed by atoms with Gasteiger partial charge in [0.1, 0.15) is 6.61 Å². The molecule has 0 saturated carbocycles. The summed E-state index contributed by atoms with van der Waals surface area (Å²) in [5.74, 6) is 5.46. The number of rotatable bonds is 2. The summed E-state index contributed by atoms with van der Waals surface area (Å²) in [4.78, 5) is 11.8. The van der Waals surface area contributed by atoms with Crippen molar-refractivity contribution in [3.63, 3.8) is 0 Å². The zero-order valence-corrected chi connectivity index (χ0v) is 11.4. The second-order valence-electron chi connectivity index (χ2n) is 4.65. The van der Waals surface area contributed by atoms with Gasteiger partial charge in [0.05, 0.1) is 12.6 Å². The number of ether oxygens (including phenoxy) is 1. The van der Waals surface area contributed by atoms with Crippen molar-refractivity contribution >= 4 is 11.7 Å². The minimum atomic E-state index is -0.245. The van der Waals surface area contributed by atoms with Crippen molar-refractivity contribution in [2.24, 2.45) is 0 Å². The van der Waals surface area contributed by atoms with Gasteiger partial charge < -0.3 is 20.5 Å². The molecule has 1 unspecified atom stereocenters. The first-order chi connectivity index (χ1) is 9.69. The number of urea groups is 1. The van der Waals surface area contributed by atoms with E-state index in [0.29, 0.717) is 18.9 Å². The van der Waals surface area contributed by atoms with E-state index < -0.39 is 0 Å². The molecule has 1 aliphatic heterocycles. The standard InChI is InChI=1S/C15H18N2O3/c1-11-4-5-13(9-12(11)3-2-7-18)16-15(19)17-14-6-8-20-10-14/h4-5,9,14,18H,6-8,10H2,1H3,(H2,16,17,19). The van der Waals surface area contributed by atoms with Gasteiger partial charge in [-0.05, 0) is 31.0 Å². The summed E-state index contributed by atoms with van der Waals surface area (Å²) in [7, 11) is 0. The van der Waals surface area contributed by atoms with Crippen LogP contribution in [0.5, 0.6) is 0 Å². The minimum Gasteiger partial charge on any atom is -0.384 e. The Morgan fingerprint density at radius 2 is 2.40 bits per heavy atom. The zero-order valence-electron chi connectivity index (χ0n) is 11.4. The Hall–Kier alpha value is -2.03. The van der Waals surface area contributed by atoms with Crippen LogP contribution in [0.25, 0.3) is 0 Å². The predicted molar refractivity (Wildman–Crippen MR) is 76.5 cm³/mol. The highest BCUT2D eigenvalue weighted by molar-refractivity contribution is 5.89. The van der Waals surface area contributed by atoms with E-state index in [-0.39, 0.29) is 18.7 Å². The lowest BCUT2D eigenvalue weighted by atomic mass is 10.1. The summed E-state index contributed by atoms with van der Waals surface area (Å²) in [6.45, 7) is 3.01. The van der Waals surface area contributed by atoms with Crippen molar-refractivity contribution in [3.05, 3.63) is 29.3 Å². The first kappa shape index (κ1) is 14.4. The van der Waals surface area contributed by atoms with Crippen LogP contribution in [-0.2, 0) is 4.74 Å². The van der Waals surface area contributed by atoms with Crippen molar-refractivity contribution in [2.75, 3.05) is 25.1 Å². The maximum atomic E-state index is 11.8. The monoisotopic (exact) mass is 274 g/mol. The molecule has 2 amide bonds. The summed E-state index contributed by atoms with van der Waals surface area (Å²) >= 11 is 0. The number of anilines is 1. The molecule has 0 radical (unpaired) electrons. The zero-order chi connectivity index (χ0) is 14.4. The van der Waals surface area contributed by atoms with Gasteiger partial charge in [0, 0.05) is 17.9 Å². The fraction of sp³-hybridized carbons (Fsp3) is 0.400. The summed E-state index contributed by atoms with van der Waals surface area (Å²) in [5.41, 5.74) is 2.47. The quantitative estimate of drug-likeness (QED) is 0.711. The molecule has 1 aliphatic rings. The van der Waals surface area contributed by atoms with Gasteiger partial charge in [0.2, 0.25) is 0 Å². The fourth-order valence-electron chi connectivity index (χ4n) is 1.97. The van der Waals surface area contributed by atoms with E-state index in [1.807, 2.05) is 19.1 Å². The molecule has 0 spiro atoms. The summed E-state index contributed by atoms with van der Waals surface area (Å²) in [6, 6.07) is 5.34. The molecule has 2 rings (SSSR count). The number of amides is 2. The highest BCUT2D eigenvalue weighted by atomic mass is 16.5. The number of benzene rings is 1. The molecular weight excluding hydrogens is 256 g/mol. The SMILES string of the molecule is Cc1ccc(NC(=O)NC2CCOC2)cc1C#CCO. The molecule has 5 nitrogen and oxygen atoms in total. The number of hydrogen-bond acceptors (Lipinski definition) is 3. The van der Waals surface area contributed by atoms with E-state index >= 15 is 0 Å². The van der Waals surface area contributed by atoms with E-state index in [1.165, 1.54) is 0 Å². The van der Waals surface area contributed by atoms with Crippen LogP contribution >= 0.6 is 0 Å². The maximum Gasteiger partial charge on any atom is 0.319 e. The second-order valence-corrected chi connectivity index (χ2v) is 4.65. The van der Waals surface area contributed by atoms with Crippen LogP contribution in [0, 0.1) is 18.8 Å². The van der Waals surface area contributed by atoms with Crippen LogP contribution in [0.1, 0.15) is 17.5 Å². The highest BCUT2D eigenvalue weighted by Gasteiger charge is 2.17. The average Bonchev–Trinajstić information content (AvgIpc) is 2.92. The van der Waals surface area contributed by atoms with Crippen molar-refractivity contribution in [1.29, 1.82) is 0 Å². The Kier molecular flexibility index (Phi) is 4.99. The van der Waals surface area contributed by atoms with Crippen molar-refractivity contribution in [3.8, 4) is 11.8 Å². The third-order valence-corrected chi connectivity index (χ3v) is 3.06. The Balaban J connectivity index is 1.99. The van der Waals surface area contributed by atoms with Crippen LogP contribution in [0.4, 0.5) is 10.5 Å². The van der Waals surface area contributed by atoms with Crippen LogP contribution in [0.2, 0.25) is 0 Å². The molecular formula is C15H18N2O3. The largest absolute Gasteiger partial charge is 0.384 e. The van der Waals surface area contributed by atoms with Crippen molar-refractivity contribution in [1.82, 2.24) is 5.32 Å². The molecule has 1 fully saturated rings. The van der Waals surface area contributed by atoms with Gasteiger partial charge >= 0.3 is 6.03 Å². The third kappa shape index (κ3) is 3.98. The van der Waals surface area contributed by atoms with Gasteiger partial charge in [-0.15, -0.1) is 0 Å². The minimum absolute atomic E-state index is 0.0779. The molecule has 1 aromatic rings. The van der Waals surface area contributed by atoms with E-state index in [0.717, 1.165) is 17.5 Å². The van der Waals surface area contributed by atoms with Gasteiger partial charge in [-0.1, -0.05) is 17.9 Å². The number of nitrogens with one attached hydrogen (secondary N) is 2. The Morgan fingerprint density at radius 3 is 3.10 bits per heavy atom. The first-order valence-corrected chi connectivity index (χ1v) is 6.54. The molecule has 0 aromatic heterocycles. The van der Waals surface area contributed by atoms with Crippen LogP contribution in [0.3, 0.4) is 0 Å². The van der Waals surface area contributed by atoms with Gasteiger partial charge in [-0.3, -0.25) is 0 Å². The topological polar surface area (TPSA) is 70.6 Å². The summed E-state index contributed by atoms with van der Waals surface area (Å²) < 4.78 is 5.20. The van der Waals surface area contributed by atoms with Crippen LogP contribution < -0.4 is 10.6 Å². The van der Waals surface area contributed by atoms with Crippen LogP contribution in [0.15, 0.2) is 18.2 Å². The molecule has 1 heterocycles. The number of hydrogen-bond donors (Lipinski definition) is 3. The van der Waals surface area contributed by atoms with E-state index in [9.17, 15) is 4.79 Å². The number of carbonyl (C=O) groups is 1. The summed E-state index contributed by atoms with van der Waals surface area (Å²) in [6.07, 6.45) is 0.842. The van der Waals surface area contributed by atoms with Gasteiger partial charge in [0.15, 0.2) is 0 Å². The molecule has 1 aromatic carbocycles. The Morgan fingerprint density at radius 1 is 1.55 bits per heavy atom. The van der Waals surface area contributed by atoms with Gasteiger partial charge in [-0.25, -0.2) is 4.79 Å². The lowest BCUT2D eigenvalue weighted by Gasteiger charge is -2.12. The van der Waals surface area contributed by atoms with Gasteiger partial charge in [-0.2, -0.15) is 0 Å². The predicted octanol–water partition coefficient (Wildman–Crippen LogP) is 1.25. The third-order valence-electron chi connectivity index (χ3n) is 3.06. The highest BCUT2D eigenvalue weighted by Crippen LogP contribution is 2.14. The molecule has 106 valence electrons. The Labute approximate surface area is 118 Å². The number of aryl methyl sites for hydroxylation is 1. The van der Waals surface area contributed by atoms with Crippen LogP contribution in [-0.4, -0.2) is 37.0 Å². The lowest BCUT2D eigenvalue weighted by Crippen LogP contribution is -2.38. The molecule has 1 saturated heterocycles. The Bertz CT molecular complexity index is 540. The number of aliphatic hydroxyl groups excluding tert-OH is 1. The number of aliphatic hydroxyl groups is 1. The smallest absolute Gasteiger partial charge is 0.319 e. The normalized spacial score (nSPS) is 17.2. The first-order valence-electron chi connectivity index (χ1n) is 6.54. The second kappa shape index (κ2) is 6.94. The molecule has 3 N–H and O–H groups in total. The summed E-state index contributed by atoms with van der Waals surface area (Å²) in [5, 5.41) is 14.4. The molecule has 0 aliphatic carbocycles. The molecule has 0 bridgehead atoms. The van der Waals surface area contributed by atoms with E-state index in [4.69, 9.17) is 9.84 Å². The molecule has 1 atom stereocenters. The van der Waals surface area contributed by atoms with E-state index in [1.54, 1.807) is 6.07 Å².